The molecule has 2 aromatic rings. The first-order valence-corrected chi connectivity index (χ1v) is 11.6. The average Bonchev–Trinajstić information content (AvgIpc) is 3.42. The van der Waals surface area contributed by atoms with Crippen LogP contribution in [0.15, 0.2) is 54.2 Å². The summed E-state index contributed by atoms with van der Waals surface area (Å²) in [5.41, 5.74) is 3.42. The van der Waals surface area contributed by atoms with Crippen LogP contribution >= 0.6 is 11.6 Å². The first-order chi connectivity index (χ1) is 15.5. The molecule has 0 atom stereocenters. The first-order valence-electron chi connectivity index (χ1n) is 11.2. The van der Waals surface area contributed by atoms with Crippen molar-refractivity contribution in [2.24, 2.45) is 0 Å². The summed E-state index contributed by atoms with van der Waals surface area (Å²) in [5.74, 6) is -0.529. The highest BCUT2D eigenvalue weighted by Gasteiger charge is 2.42. The van der Waals surface area contributed by atoms with Gasteiger partial charge in [-0.1, -0.05) is 23.7 Å². The quantitative estimate of drug-likeness (QED) is 0.667. The molecule has 0 saturated carbocycles. The maximum Gasteiger partial charge on any atom is 0.282 e. The highest BCUT2D eigenvalue weighted by atomic mass is 35.5. The zero-order chi connectivity index (χ0) is 22.2. The van der Waals surface area contributed by atoms with E-state index in [4.69, 9.17) is 11.6 Å². The zero-order valence-corrected chi connectivity index (χ0v) is 19.0. The van der Waals surface area contributed by atoms with E-state index in [1.165, 1.54) is 17.7 Å². The van der Waals surface area contributed by atoms with Gasteiger partial charge in [-0.05, 0) is 61.9 Å². The zero-order valence-electron chi connectivity index (χ0n) is 18.3. The van der Waals surface area contributed by atoms with Gasteiger partial charge in [0, 0.05) is 50.0 Å². The highest BCUT2D eigenvalue weighted by Crippen LogP contribution is 2.36. The van der Waals surface area contributed by atoms with Gasteiger partial charge in [-0.3, -0.25) is 9.59 Å². The number of nitrogens with zero attached hydrogens (tertiary/aromatic N) is 4. The van der Waals surface area contributed by atoms with Crippen molar-refractivity contribution in [2.45, 2.75) is 12.8 Å². The molecular weight excluding hydrogens is 424 g/mol. The predicted octanol–water partition coefficient (Wildman–Crippen LogP) is 3.47. The fourth-order valence-electron chi connectivity index (χ4n) is 4.74. The van der Waals surface area contributed by atoms with Gasteiger partial charge in [0.05, 0.1) is 11.3 Å². The van der Waals surface area contributed by atoms with E-state index in [0.29, 0.717) is 35.1 Å². The summed E-state index contributed by atoms with van der Waals surface area (Å²) >= 11 is 6.08. The van der Waals surface area contributed by atoms with E-state index in [0.717, 1.165) is 37.4 Å². The van der Waals surface area contributed by atoms with Crippen molar-refractivity contribution in [3.63, 3.8) is 0 Å². The summed E-state index contributed by atoms with van der Waals surface area (Å²) in [6, 6.07) is 14.9. The van der Waals surface area contributed by atoms with Crippen molar-refractivity contribution in [1.29, 1.82) is 0 Å². The Morgan fingerprint density at radius 2 is 1.28 bits per heavy atom. The van der Waals surface area contributed by atoms with Gasteiger partial charge in [0.25, 0.3) is 11.8 Å². The minimum absolute atomic E-state index is 0.251. The molecule has 7 heteroatoms. The van der Waals surface area contributed by atoms with Crippen molar-refractivity contribution < 1.29 is 9.59 Å². The molecule has 3 heterocycles. The third kappa shape index (κ3) is 3.78. The van der Waals surface area contributed by atoms with E-state index in [1.807, 2.05) is 36.4 Å². The minimum Gasteiger partial charge on any atom is -0.372 e. The van der Waals surface area contributed by atoms with Crippen LogP contribution in [0.25, 0.3) is 5.57 Å². The van der Waals surface area contributed by atoms with Gasteiger partial charge in [0.1, 0.15) is 5.70 Å². The van der Waals surface area contributed by atoms with E-state index < -0.39 is 0 Å². The number of anilines is 2. The molecule has 0 N–H and O–H groups in total. The molecule has 0 aromatic heterocycles. The molecule has 2 saturated heterocycles. The summed E-state index contributed by atoms with van der Waals surface area (Å²) < 4.78 is 0. The van der Waals surface area contributed by atoms with E-state index in [1.54, 1.807) is 12.1 Å². The number of carbonyl (C=O) groups excluding carboxylic acids is 2. The molecule has 32 heavy (non-hydrogen) atoms. The minimum atomic E-state index is -0.278. The van der Waals surface area contributed by atoms with Crippen LogP contribution in [0.1, 0.15) is 18.4 Å². The van der Waals surface area contributed by atoms with Gasteiger partial charge in [0.15, 0.2) is 0 Å². The Bertz CT molecular complexity index is 1050. The van der Waals surface area contributed by atoms with Gasteiger partial charge in [-0.15, -0.1) is 0 Å². The van der Waals surface area contributed by atoms with Gasteiger partial charge in [-0.25, -0.2) is 4.90 Å². The SMILES string of the molecule is CN1CCN(C2=C(c3ccc(Cl)cc3)C(=O)N(c3ccc(N4CCCC4)cc3)C2=O)CC1. The Balaban J connectivity index is 1.50. The summed E-state index contributed by atoms with van der Waals surface area (Å²) in [6.45, 7) is 5.23. The number of hydrogen-bond acceptors (Lipinski definition) is 5. The van der Waals surface area contributed by atoms with Crippen LogP contribution in [0, 0.1) is 0 Å². The fourth-order valence-corrected chi connectivity index (χ4v) is 4.87. The molecule has 6 nitrogen and oxygen atoms in total. The number of imide groups is 1. The highest BCUT2D eigenvalue weighted by molar-refractivity contribution is 6.45. The van der Waals surface area contributed by atoms with E-state index in [9.17, 15) is 9.59 Å². The number of rotatable bonds is 4. The lowest BCUT2D eigenvalue weighted by atomic mass is 10.0. The first kappa shape index (κ1) is 21.0. The van der Waals surface area contributed by atoms with Gasteiger partial charge < -0.3 is 14.7 Å². The normalized spacial score (nSPS) is 20.1. The number of piperazine rings is 1. The number of likely N-dealkylation sites (N-methyl/N-ethyl adjacent to an activating group) is 1. The van der Waals surface area contributed by atoms with Gasteiger partial charge in [-0.2, -0.15) is 0 Å². The Labute approximate surface area is 193 Å². The Hall–Kier alpha value is -2.83. The molecule has 2 amide bonds. The topological polar surface area (TPSA) is 47.1 Å². The standard InChI is InChI=1S/C25H27ClN4O2/c1-27-14-16-29(17-15-27)23-22(18-4-6-19(26)7-5-18)24(31)30(25(23)32)21-10-8-20(9-11-21)28-12-2-3-13-28/h4-11H,2-3,12-17H2,1H3. The number of amides is 2. The smallest absolute Gasteiger partial charge is 0.282 e. The lowest BCUT2D eigenvalue weighted by Gasteiger charge is -2.34. The van der Waals surface area contributed by atoms with E-state index >= 15 is 0 Å². The van der Waals surface area contributed by atoms with Crippen molar-refractivity contribution >= 4 is 40.4 Å². The lowest BCUT2D eigenvalue weighted by molar-refractivity contribution is -0.120. The molecule has 2 fully saturated rings. The molecule has 0 spiro atoms. The summed E-state index contributed by atoms with van der Waals surface area (Å²) in [5, 5.41) is 0.599. The number of benzene rings is 2. The molecule has 0 bridgehead atoms. The van der Waals surface area contributed by atoms with Crippen molar-refractivity contribution in [3.8, 4) is 0 Å². The van der Waals surface area contributed by atoms with Crippen LogP contribution in [-0.4, -0.2) is 67.9 Å². The molecule has 2 aromatic carbocycles. The van der Waals surface area contributed by atoms with Gasteiger partial charge >= 0.3 is 0 Å². The molecule has 5 rings (SSSR count). The third-order valence-electron chi connectivity index (χ3n) is 6.59. The fraction of sp³-hybridized carbons (Fsp3) is 0.360. The van der Waals surface area contributed by atoms with Crippen LogP contribution < -0.4 is 9.80 Å². The van der Waals surface area contributed by atoms with Crippen LogP contribution in [0.4, 0.5) is 11.4 Å². The summed E-state index contributed by atoms with van der Waals surface area (Å²) in [7, 11) is 2.07. The molecule has 0 radical (unpaired) electrons. The number of halogens is 1. The van der Waals surface area contributed by atoms with Crippen LogP contribution in [0.3, 0.4) is 0 Å². The third-order valence-corrected chi connectivity index (χ3v) is 6.84. The van der Waals surface area contributed by atoms with Crippen LogP contribution in [0.2, 0.25) is 5.02 Å². The second-order valence-corrected chi connectivity index (χ2v) is 9.11. The average molecular weight is 451 g/mol. The molecule has 3 aliphatic heterocycles. The Morgan fingerprint density at radius 3 is 1.91 bits per heavy atom. The lowest BCUT2D eigenvalue weighted by Crippen LogP contribution is -2.46. The largest absolute Gasteiger partial charge is 0.372 e. The van der Waals surface area contributed by atoms with Gasteiger partial charge in [0.2, 0.25) is 0 Å². The molecular formula is C25H27ClN4O2. The molecule has 0 aliphatic carbocycles. The van der Waals surface area contributed by atoms with E-state index in [-0.39, 0.29) is 11.8 Å². The Morgan fingerprint density at radius 1 is 0.688 bits per heavy atom. The summed E-state index contributed by atoms with van der Waals surface area (Å²) in [6.07, 6.45) is 2.40. The molecule has 166 valence electrons. The van der Waals surface area contributed by atoms with Crippen molar-refractivity contribution in [3.05, 3.63) is 64.8 Å². The molecule has 3 aliphatic rings. The van der Waals surface area contributed by atoms with Crippen molar-refractivity contribution in [2.75, 3.05) is 56.1 Å². The van der Waals surface area contributed by atoms with Crippen LogP contribution in [0.5, 0.6) is 0 Å². The maximum atomic E-state index is 13.6. The second-order valence-electron chi connectivity index (χ2n) is 8.68. The number of hydrogen-bond donors (Lipinski definition) is 0. The summed E-state index contributed by atoms with van der Waals surface area (Å²) in [4.78, 5) is 35.2. The second kappa shape index (κ2) is 8.60. The number of carbonyl (C=O) groups is 2. The maximum absolute atomic E-state index is 13.6. The monoisotopic (exact) mass is 450 g/mol. The Kier molecular flexibility index (Phi) is 5.66. The van der Waals surface area contributed by atoms with E-state index in [2.05, 4.69) is 21.7 Å². The molecule has 0 unspecified atom stereocenters. The van der Waals surface area contributed by atoms with Crippen LogP contribution in [-0.2, 0) is 9.59 Å². The van der Waals surface area contributed by atoms with Crippen molar-refractivity contribution in [1.82, 2.24) is 9.80 Å². The predicted molar refractivity (Wildman–Crippen MR) is 128 cm³/mol.